The molecule has 0 fully saturated rings. The lowest BCUT2D eigenvalue weighted by molar-refractivity contribution is 1.32. The van der Waals surface area contributed by atoms with E-state index in [9.17, 15) is 0 Å². The molecule has 0 aromatic rings. The molecule has 0 heterocycles. The molecule has 0 saturated carbocycles. The Labute approximate surface area is 67.9 Å². The van der Waals surface area contributed by atoms with E-state index in [1.807, 2.05) is 12.2 Å². The van der Waals surface area contributed by atoms with Gasteiger partial charge in [0.05, 0.1) is 0 Å². The highest BCUT2D eigenvalue weighted by atomic mass is 14.1. The fourth-order valence-corrected chi connectivity index (χ4v) is 1.09. The highest BCUT2D eigenvalue weighted by Crippen LogP contribution is 2.20. The van der Waals surface area contributed by atoms with Crippen molar-refractivity contribution in [3.63, 3.8) is 0 Å². The van der Waals surface area contributed by atoms with Crippen molar-refractivity contribution in [2.24, 2.45) is 0 Å². The van der Waals surface area contributed by atoms with E-state index in [0.29, 0.717) is 0 Å². The summed E-state index contributed by atoms with van der Waals surface area (Å²) in [6, 6.07) is 0. The van der Waals surface area contributed by atoms with E-state index in [-0.39, 0.29) is 0 Å². The van der Waals surface area contributed by atoms with Gasteiger partial charge in [0, 0.05) is 0 Å². The molecule has 0 amide bonds. The first-order valence-corrected chi connectivity index (χ1v) is 3.69. The molecule has 1 rings (SSSR count). The van der Waals surface area contributed by atoms with E-state index in [4.69, 9.17) is 0 Å². The van der Waals surface area contributed by atoms with Gasteiger partial charge in [-0.3, -0.25) is 0 Å². The average Bonchev–Trinajstić information content (AvgIpc) is 2.47. The second-order valence-electron chi connectivity index (χ2n) is 2.39. The van der Waals surface area contributed by atoms with Crippen molar-refractivity contribution in [2.75, 3.05) is 0 Å². The summed E-state index contributed by atoms with van der Waals surface area (Å²) < 4.78 is 0. The molecular weight excluding hydrogens is 132 g/mol. The number of rotatable bonds is 3. The summed E-state index contributed by atoms with van der Waals surface area (Å²) in [4.78, 5) is 0. The zero-order chi connectivity index (χ0) is 8.10. The number of allylic oxidation sites excluding steroid dienone is 8. The van der Waals surface area contributed by atoms with Crippen molar-refractivity contribution in [3.8, 4) is 0 Å². The molecule has 0 saturated heterocycles. The fourth-order valence-electron chi connectivity index (χ4n) is 1.09. The lowest BCUT2D eigenvalue weighted by Crippen LogP contribution is -1.74. The minimum absolute atomic E-state index is 1.02. The normalized spacial score (nSPS) is 16.4. The molecule has 0 aromatic carbocycles. The predicted octanol–water partition coefficient (Wildman–Crippen LogP) is 3.17. The summed E-state index contributed by atoms with van der Waals surface area (Å²) >= 11 is 0. The highest BCUT2D eigenvalue weighted by Gasteiger charge is 2.00. The standard InChI is InChI=1S/C11H12/c1-3-5-7-11-9-6-8-10(11)4-2/h3-8H,1-2,9H2/b7-5-. The third kappa shape index (κ3) is 1.81. The first-order valence-electron chi connectivity index (χ1n) is 3.69. The van der Waals surface area contributed by atoms with Crippen molar-refractivity contribution < 1.29 is 0 Å². The highest BCUT2D eigenvalue weighted by molar-refractivity contribution is 5.46. The maximum absolute atomic E-state index is 3.73. The Hall–Kier alpha value is -1.30. The van der Waals surface area contributed by atoms with E-state index < -0.39 is 0 Å². The van der Waals surface area contributed by atoms with Gasteiger partial charge in [0.15, 0.2) is 0 Å². The first-order chi connectivity index (χ1) is 5.38. The van der Waals surface area contributed by atoms with Gasteiger partial charge in [-0.05, 0) is 17.6 Å². The summed E-state index contributed by atoms with van der Waals surface area (Å²) in [7, 11) is 0. The van der Waals surface area contributed by atoms with Crippen LogP contribution in [-0.4, -0.2) is 0 Å². The van der Waals surface area contributed by atoms with Crippen LogP contribution in [0.2, 0.25) is 0 Å². The molecule has 0 aliphatic heterocycles. The van der Waals surface area contributed by atoms with Crippen LogP contribution >= 0.6 is 0 Å². The fraction of sp³-hybridized carbons (Fsp3) is 0.0909. The summed E-state index contributed by atoms with van der Waals surface area (Å²) in [5, 5.41) is 0. The van der Waals surface area contributed by atoms with Gasteiger partial charge >= 0.3 is 0 Å². The molecule has 0 nitrogen and oxygen atoms in total. The molecule has 0 bridgehead atoms. The molecular formula is C11H12. The van der Waals surface area contributed by atoms with Crippen LogP contribution in [0.1, 0.15) is 6.42 Å². The van der Waals surface area contributed by atoms with E-state index >= 15 is 0 Å². The summed E-state index contributed by atoms with van der Waals surface area (Å²) in [5.74, 6) is 0. The van der Waals surface area contributed by atoms with Crippen LogP contribution in [0.25, 0.3) is 0 Å². The number of hydrogen-bond donors (Lipinski definition) is 0. The van der Waals surface area contributed by atoms with E-state index in [1.165, 1.54) is 11.1 Å². The predicted molar refractivity (Wildman–Crippen MR) is 50.3 cm³/mol. The van der Waals surface area contributed by atoms with Gasteiger partial charge in [-0.25, -0.2) is 0 Å². The molecule has 0 heteroatoms. The Morgan fingerprint density at radius 1 is 1.36 bits per heavy atom. The van der Waals surface area contributed by atoms with Crippen molar-refractivity contribution in [1.29, 1.82) is 0 Å². The zero-order valence-electron chi connectivity index (χ0n) is 6.59. The Morgan fingerprint density at radius 3 is 2.82 bits per heavy atom. The molecule has 0 N–H and O–H groups in total. The SMILES string of the molecule is C=C/C=C\C1=C(C=C)C=CC1. The topological polar surface area (TPSA) is 0 Å². The van der Waals surface area contributed by atoms with Gasteiger partial charge in [-0.2, -0.15) is 0 Å². The van der Waals surface area contributed by atoms with Gasteiger partial charge < -0.3 is 0 Å². The summed E-state index contributed by atoms with van der Waals surface area (Å²) in [6.07, 6.45) is 12.9. The van der Waals surface area contributed by atoms with E-state index in [1.54, 1.807) is 6.08 Å². The van der Waals surface area contributed by atoms with Gasteiger partial charge in [0.1, 0.15) is 0 Å². The van der Waals surface area contributed by atoms with Crippen LogP contribution < -0.4 is 0 Å². The second-order valence-corrected chi connectivity index (χ2v) is 2.39. The van der Waals surface area contributed by atoms with Crippen LogP contribution in [-0.2, 0) is 0 Å². The van der Waals surface area contributed by atoms with Crippen LogP contribution in [0.4, 0.5) is 0 Å². The van der Waals surface area contributed by atoms with Crippen LogP contribution in [0, 0.1) is 0 Å². The average molecular weight is 144 g/mol. The van der Waals surface area contributed by atoms with Crippen molar-refractivity contribution in [2.45, 2.75) is 6.42 Å². The molecule has 0 atom stereocenters. The largest absolute Gasteiger partial charge is 0.0991 e. The Bertz CT molecular complexity index is 249. The zero-order valence-corrected chi connectivity index (χ0v) is 6.59. The van der Waals surface area contributed by atoms with Gasteiger partial charge in [-0.1, -0.05) is 49.6 Å². The van der Waals surface area contributed by atoms with Gasteiger partial charge in [0.2, 0.25) is 0 Å². The van der Waals surface area contributed by atoms with Crippen molar-refractivity contribution in [3.05, 3.63) is 60.8 Å². The molecule has 1 aliphatic carbocycles. The maximum atomic E-state index is 3.73. The lowest BCUT2D eigenvalue weighted by Gasteiger charge is -1.93. The van der Waals surface area contributed by atoms with E-state index in [0.717, 1.165) is 6.42 Å². The third-order valence-electron chi connectivity index (χ3n) is 1.66. The number of hydrogen-bond acceptors (Lipinski definition) is 0. The molecule has 0 spiro atoms. The molecule has 0 unspecified atom stereocenters. The quantitative estimate of drug-likeness (QED) is 0.534. The molecule has 11 heavy (non-hydrogen) atoms. The third-order valence-corrected chi connectivity index (χ3v) is 1.66. The van der Waals surface area contributed by atoms with Crippen LogP contribution in [0.15, 0.2) is 60.8 Å². The molecule has 0 radical (unpaired) electrons. The second kappa shape index (κ2) is 3.77. The maximum Gasteiger partial charge on any atom is -0.00882 e. The molecule has 1 aliphatic rings. The van der Waals surface area contributed by atoms with Crippen LogP contribution in [0.5, 0.6) is 0 Å². The van der Waals surface area contributed by atoms with Crippen molar-refractivity contribution in [1.82, 2.24) is 0 Å². The molecule has 0 aromatic heterocycles. The Balaban J connectivity index is 2.79. The summed E-state index contributed by atoms with van der Waals surface area (Å²) in [6.45, 7) is 7.35. The summed E-state index contributed by atoms with van der Waals surface area (Å²) in [5.41, 5.74) is 2.54. The lowest BCUT2D eigenvalue weighted by atomic mass is 10.1. The molecule has 56 valence electrons. The van der Waals surface area contributed by atoms with Crippen molar-refractivity contribution >= 4 is 0 Å². The van der Waals surface area contributed by atoms with Gasteiger partial charge in [0.25, 0.3) is 0 Å². The minimum atomic E-state index is 1.02. The minimum Gasteiger partial charge on any atom is -0.0991 e. The Morgan fingerprint density at radius 2 is 2.18 bits per heavy atom. The Kier molecular flexibility index (Phi) is 2.67. The van der Waals surface area contributed by atoms with Gasteiger partial charge in [-0.15, -0.1) is 0 Å². The van der Waals surface area contributed by atoms with E-state index in [2.05, 4.69) is 31.4 Å². The van der Waals surface area contributed by atoms with Crippen LogP contribution in [0.3, 0.4) is 0 Å². The smallest absolute Gasteiger partial charge is 0.00882 e. The monoisotopic (exact) mass is 144 g/mol. The first kappa shape index (κ1) is 7.80.